The van der Waals surface area contributed by atoms with E-state index in [0.717, 1.165) is 18.7 Å². The Morgan fingerprint density at radius 3 is 2.46 bits per heavy atom. The maximum atomic E-state index is 12.1. The van der Waals surface area contributed by atoms with Crippen LogP contribution in [-0.4, -0.2) is 43.6 Å². The first-order valence-corrected chi connectivity index (χ1v) is 8.45. The maximum absolute atomic E-state index is 12.1. The number of halogens is 2. The lowest BCUT2D eigenvalue weighted by atomic mass is 9.92. The van der Waals surface area contributed by atoms with Crippen molar-refractivity contribution in [2.45, 2.75) is 33.3 Å². The Hall–Kier alpha value is -1.69. The lowest BCUT2D eigenvalue weighted by Gasteiger charge is -2.34. The number of rotatable bonds is 7. The number of nitrogens with zero attached hydrogens (tertiary/aromatic N) is 1. The zero-order chi connectivity index (χ0) is 17.5. The molecular formula is C18H26F2N2O2. The van der Waals surface area contributed by atoms with Crippen LogP contribution >= 0.6 is 0 Å². The summed E-state index contributed by atoms with van der Waals surface area (Å²) in [7, 11) is 0. The van der Waals surface area contributed by atoms with Crippen molar-refractivity contribution < 1.29 is 18.3 Å². The van der Waals surface area contributed by atoms with Crippen LogP contribution in [0, 0.1) is 11.8 Å². The Bertz CT molecular complexity index is 512. The average Bonchev–Trinajstić information content (AvgIpc) is 2.47. The zero-order valence-corrected chi connectivity index (χ0v) is 14.3. The Morgan fingerprint density at radius 2 is 1.88 bits per heavy atom. The van der Waals surface area contributed by atoms with Crippen molar-refractivity contribution in [1.29, 1.82) is 0 Å². The number of amides is 1. The molecule has 4 nitrogen and oxygen atoms in total. The second-order valence-electron chi connectivity index (χ2n) is 6.76. The lowest BCUT2D eigenvalue weighted by molar-refractivity contribution is -0.122. The monoisotopic (exact) mass is 340 g/mol. The Labute approximate surface area is 142 Å². The minimum atomic E-state index is -2.81. The standard InChI is InChI=1S/C18H26F2N2O2/c1-13-9-14(2)11-22(10-13)12-17(23)21-8-7-15-3-5-16(6-4-15)24-18(19)20/h3-6,13-14,18H,7-12H2,1-2H3,(H,21,23)/t13-,14+. The molecule has 24 heavy (non-hydrogen) atoms. The molecule has 0 bridgehead atoms. The van der Waals surface area contributed by atoms with Gasteiger partial charge in [0.2, 0.25) is 5.91 Å². The molecular weight excluding hydrogens is 314 g/mol. The molecule has 1 saturated heterocycles. The van der Waals surface area contributed by atoms with E-state index in [1.165, 1.54) is 18.6 Å². The third-order valence-electron chi connectivity index (χ3n) is 4.20. The fourth-order valence-electron chi connectivity index (χ4n) is 3.36. The van der Waals surface area contributed by atoms with Crippen molar-refractivity contribution in [2.24, 2.45) is 11.8 Å². The molecule has 1 N–H and O–H groups in total. The number of carbonyl (C=O) groups excluding carboxylic acids is 1. The Balaban J connectivity index is 1.68. The number of piperidine rings is 1. The van der Waals surface area contributed by atoms with Crippen LogP contribution in [0.15, 0.2) is 24.3 Å². The van der Waals surface area contributed by atoms with E-state index in [-0.39, 0.29) is 11.7 Å². The van der Waals surface area contributed by atoms with Crippen LogP contribution in [0.3, 0.4) is 0 Å². The van der Waals surface area contributed by atoms with Crippen LogP contribution in [0.5, 0.6) is 5.75 Å². The summed E-state index contributed by atoms with van der Waals surface area (Å²) in [6.07, 6.45) is 1.89. The molecule has 1 aromatic carbocycles. The van der Waals surface area contributed by atoms with Gasteiger partial charge in [-0.15, -0.1) is 0 Å². The van der Waals surface area contributed by atoms with Crippen LogP contribution in [0.1, 0.15) is 25.8 Å². The molecule has 1 amide bonds. The van der Waals surface area contributed by atoms with Gasteiger partial charge in [-0.3, -0.25) is 9.69 Å². The number of carbonyl (C=O) groups is 1. The number of nitrogens with one attached hydrogen (secondary N) is 1. The molecule has 1 aliphatic heterocycles. The number of likely N-dealkylation sites (tertiary alicyclic amines) is 1. The van der Waals surface area contributed by atoms with Gasteiger partial charge in [-0.2, -0.15) is 8.78 Å². The third-order valence-corrected chi connectivity index (χ3v) is 4.20. The molecule has 2 rings (SSSR count). The molecule has 134 valence electrons. The topological polar surface area (TPSA) is 41.6 Å². The number of hydrogen-bond donors (Lipinski definition) is 1. The van der Waals surface area contributed by atoms with Gasteiger partial charge in [0.15, 0.2) is 0 Å². The van der Waals surface area contributed by atoms with E-state index >= 15 is 0 Å². The van der Waals surface area contributed by atoms with Crippen LogP contribution in [0.4, 0.5) is 8.78 Å². The summed E-state index contributed by atoms with van der Waals surface area (Å²) < 4.78 is 28.5. The second-order valence-corrected chi connectivity index (χ2v) is 6.76. The fourth-order valence-corrected chi connectivity index (χ4v) is 3.36. The summed E-state index contributed by atoms with van der Waals surface area (Å²) in [5.74, 6) is 1.45. The van der Waals surface area contributed by atoms with Gasteiger partial charge in [-0.05, 0) is 42.4 Å². The number of benzene rings is 1. The summed E-state index contributed by atoms with van der Waals surface area (Å²) in [5.41, 5.74) is 0.970. The van der Waals surface area contributed by atoms with E-state index in [1.807, 2.05) is 0 Å². The Kier molecular flexibility index (Phi) is 6.97. The van der Waals surface area contributed by atoms with Crippen molar-refractivity contribution in [3.8, 4) is 5.75 Å². The molecule has 0 aromatic heterocycles. The van der Waals surface area contributed by atoms with Gasteiger partial charge in [0.05, 0.1) is 6.54 Å². The first kappa shape index (κ1) is 18.6. The average molecular weight is 340 g/mol. The molecule has 6 heteroatoms. The predicted octanol–water partition coefficient (Wildman–Crippen LogP) is 2.92. The first-order valence-electron chi connectivity index (χ1n) is 8.45. The SMILES string of the molecule is C[C@@H]1C[C@H](C)CN(CC(=O)NCCc2ccc(OC(F)F)cc2)C1. The molecule has 0 aliphatic carbocycles. The highest BCUT2D eigenvalue weighted by atomic mass is 19.3. The van der Waals surface area contributed by atoms with E-state index < -0.39 is 6.61 Å². The number of alkyl halides is 2. The van der Waals surface area contributed by atoms with Crippen molar-refractivity contribution >= 4 is 5.91 Å². The number of ether oxygens (including phenoxy) is 1. The van der Waals surface area contributed by atoms with Crippen LogP contribution in [0.25, 0.3) is 0 Å². The van der Waals surface area contributed by atoms with Crippen molar-refractivity contribution in [3.63, 3.8) is 0 Å². The van der Waals surface area contributed by atoms with Crippen molar-refractivity contribution in [2.75, 3.05) is 26.2 Å². The van der Waals surface area contributed by atoms with Crippen LogP contribution < -0.4 is 10.1 Å². The fraction of sp³-hybridized carbons (Fsp3) is 0.611. The highest BCUT2D eigenvalue weighted by molar-refractivity contribution is 5.78. The summed E-state index contributed by atoms with van der Waals surface area (Å²) in [6, 6.07) is 6.50. The largest absolute Gasteiger partial charge is 0.435 e. The number of hydrogen-bond acceptors (Lipinski definition) is 3. The molecule has 1 fully saturated rings. The molecule has 2 atom stereocenters. The van der Waals surface area contributed by atoms with E-state index in [1.54, 1.807) is 12.1 Å². The molecule has 1 heterocycles. The van der Waals surface area contributed by atoms with Gasteiger partial charge in [0.25, 0.3) is 0 Å². The molecule has 1 aliphatic rings. The van der Waals surface area contributed by atoms with Gasteiger partial charge in [0, 0.05) is 19.6 Å². The third kappa shape index (κ3) is 6.43. The normalized spacial score (nSPS) is 21.7. The maximum Gasteiger partial charge on any atom is 0.387 e. The molecule has 1 aromatic rings. The Morgan fingerprint density at radius 1 is 1.25 bits per heavy atom. The zero-order valence-electron chi connectivity index (χ0n) is 14.3. The van der Waals surface area contributed by atoms with E-state index in [4.69, 9.17) is 0 Å². The minimum absolute atomic E-state index is 0.0361. The van der Waals surface area contributed by atoms with E-state index in [0.29, 0.717) is 31.3 Å². The van der Waals surface area contributed by atoms with Gasteiger partial charge in [-0.25, -0.2) is 0 Å². The highest BCUT2D eigenvalue weighted by Gasteiger charge is 2.22. The molecule has 0 unspecified atom stereocenters. The molecule has 0 radical (unpaired) electrons. The summed E-state index contributed by atoms with van der Waals surface area (Å²) in [5, 5.41) is 2.92. The quantitative estimate of drug-likeness (QED) is 0.830. The van der Waals surface area contributed by atoms with E-state index in [9.17, 15) is 13.6 Å². The van der Waals surface area contributed by atoms with Crippen molar-refractivity contribution in [1.82, 2.24) is 10.2 Å². The first-order chi connectivity index (χ1) is 11.4. The van der Waals surface area contributed by atoms with Crippen molar-refractivity contribution in [3.05, 3.63) is 29.8 Å². The van der Waals surface area contributed by atoms with Crippen LogP contribution in [-0.2, 0) is 11.2 Å². The van der Waals surface area contributed by atoms with E-state index in [2.05, 4.69) is 28.8 Å². The predicted molar refractivity (Wildman–Crippen MR) is 89.2 cm³/mol. The van der Waals surface area contributed by atoms with Crippen LogP contribution in [0.2, 0.25) is 0 Å². The lowest BCUT2D eigenvalue weighted by Crippen LogP contribution is -2.44. The summed E-state index contributed by atoms with van der Waals surface area (Å²) >= 11 is 0. The summed E-state index contributed by atoms with van der Waals surface area (Å²) in [4.78, 5) is 14.2. The summed E-state index contributed by atoms with van der Waals surface area (Å²) in [6.45, 7) is 4.56. The minimum Gasteiger partial charge on any atom is -0.435 e. The van der Waals surface area contributed by atoms with Gasteiger partial charge in [0.1, 0.15) is 5.75 Å². The molecule has 0 saturated carbocycles. The molecule has 0 spiro atoms. The smallest absolute Gasteiger partial charge is 0.387 e. The van der Waals surface area contributed by atoms with Gasteiger partial charge >= 0.3 is 6.61 Å². The van der Waals surface area contributed by atoms with Gasteiger partial charge < -0.3 is 10.1 Å². The van der Waals surface area contributed by atoms with Gasteiger partial charge in [-0.1, -0.05) is 26.0 Å². The second kappa shape index (κ2) is 8.97. The highest BCUT2D eigenvalue weighted by Crippen LogP contribution is 2.20.